The largest absolute Gasteiger partial charge is 0.493 e. The molecule has 1 aromatic carbocycles. The van der Waals surface area contributed by atoms with Gasteiger partial charge in [0.25, 0.3) is 0 Å². The number of aliphatic hydroxyl groups excluding tert-OH is 1. The van der Waals surface area contributed by atoms with Gasteiger partial charge in [-0.25, -0.2) is 0 Å². The molecule has 0 aliphatic carbocycles. The third-order valence-corrected chi connectivity index (χ3v) is 5.39. The summed E-state index contributed by atoms with van der Waals surface area (Å²) < 4.78 is 5.95. The molecule has 0 saturated carbocycles. The molecular formula is C19H30O2. The second-order valence-electron chi connectivity index (χ2n) is 7.57. The van der Waals surface area contributed by atoms with Gasteiger partial charge in [-0.3, -0.25) is 0 Å². The molecule has 21 heavy (non-hydrogen) atoms. The zero-order valence-corrected chi connectivity index (χ0v) is 14.4. The van der Waals surface area contributed by atoms with E-state index in [2.05, 4.69) is 53.7 Å². The van der Waals surface area contributed by atoms with Crippen molar-refractivity contribution in [3.63, 3.8) is 0 Å². The van der Waals surface area contributed by atoms with Crippen molar-refractivity contribution in [2.24, 2.45) is 0 Å². The minimum atomic E-state index is -0.396. The van der Waals surface area contributed by atoms with Gasteiger partial charge in [0.15, 0.2) is 0 Å². The standard InChI is InChI=1S/C19H30O2/c1-7-18(3,4)13-11-14-16(20)9-10-21-17(14)15(12-13)19(5,6)8-2/h11-12,16,20H,7-10H2,1-6H3/t16-/m0/s1. The van der Waals surface area contributed by atoms with Crippen molar-refractivity contribution < 1.29 is 9.84 Å². The first kappa shape index (κ1) is 16.4. The van der Waals surface area contributed by atoms with Gasteiger partial charge in [-0.1, -0.05) is 47.6 Å². The zero-order valence-electron chi connectivity index (χ0n) is 14.4. The molecule has 0 fully saturated rings. The van der Waals surface area contributed by atoms with Gasteiger partial charge in [0.1, 0.15) is 5.75 Å². The molecule has 0 bridgehead atoms. The molecule has 1 N–H and O–H groups in total. The van der Waals surface area contributed by atoms with Gasteiger partial charge in [0, 0.05) is 17.5 Å². The predicted octanol–water partition coefficient (Wildman–Crippen LogP) is 4.88. The summed E-state index contributed by atoms with van der Waals surface area (Å²) in [6.45, 7) is 14.1. The predicted molar refractivity (Wildman–Crippen MR) is 88.1 cm³/mol. The van der Waals surface area contributed by atoms with E-state index in [1.165, 1.54) is 11.1 Å². The molecular weight excluding hydrogens is 260 g/mol. The molecule has 118 valence electrons. The van der Waals surface area contributed by atoms with E-state index in [4.69, 9.17) is 4.74 Å². The number of ether oxygens (including phenoxy) is 1. The Hall–Kier alpha value is -1.02. The maximum absolute atomic E-state index is 10.4. The lowest BCUT2D eigenvalue weighted by Crippen LogP contribution is -2.25. The molecule has 2 nitrogen and oxygen atoms in total. The van der Waals surface area contributed by atoms with Gasteiger partial charge in [-0.2, -0.15) is 0 Å². The SMILES string of the molecule is CCC(C)(C)c1cc2c(c(C(C)(C)CC)c1)OCC[C@@H]2O. The van der Waals surface area contributed by atoms with E-state index in [9.17, 15) is 5.11 Å². The van der Waals surface area contributed by atoms with E-state index in [0.717, 1.165) is 24.2 Å². The third-order valence-electron chi connectivity index (χ3n) is 5.39. The normalized spacial score (nSPS) is 19.1. The van der Waals surface area contributed by atoms with Crippen LogP contribution in [-0.4, -0.2) is 11.7 Å². The van der Waals surface area contributed by atoms with Crippen molar-refractivity contribution in [1.82, 2.24) is 0 Å². The quantitative estimate of drug-likeness (QED) is 0.856. The summed E-state index contributed by atoms with van der Waals surface area (Å²) in [6.07, 6.45) is 2.42. The van der Waals surface area contributed by atoms with E-state index in [-0.39, 0.29) is 10.8 Å². The summed E-state index contributed by atoms with van der Waals surface area (Å²) in [5.41, 5.74) is 3.71. The lowest BCUT2D eigenvalue weighted by molar-refractivity contribution is 0.113. The number of rotatable bonds is 4. The van der Waals surface area contributed by atoms with Crippen molar-refractivity contribution in [2.45, 2.75) is 77.7 Å². The van der Waals surface area contributed by atoms with E-state index in [0.29, 0.717) is 13.0 Å². The second kappa shape index (κ2) is 5.64. The highest BCUT2D eigenvalue weighted by molar-refractivity contribution is 5.51. The van der Waals surface area contributed by atoms with Crippen molar-refractivity contribution in [2.75, 3.05) is 6.61 Å². The van der Waals surface area contributed by atoms with Crippen LogP contribution in [0.25, 0.3) is 0 Å². The zero-order chi connectivity index (χ0) is 15.8. The van der Waals surface area contributed by atoms with Crippen LogP contribution in [0, 0.1) is 0 Å². The van der Waals surface area contributed by atoms with Gasteiger partial charge in [0.2, 0.25) is 0 Å². The van der Waals surface area contributed by atoms with Crippen molar-refractivity contribution >= 4 is 0 Å². The highest BCUT2D eigenvalue weighted by Crippen LogP contribution is 2.44. The first-order chi connectivity index (χ1) is 9.73. The fourth-order valence-corrected chi connectivity index (χ4v) is 2.78. The van der Waals surface area contributed by atoms with Gasteiger partial charge >= 0.3 is 0 Å². The van der Waals surface area contributed by atoms with Crippen LogP contribution in [-0.2, 0) is 10.8 Å². The van der Waals surface area contributed by atoms with Crippen LogP contribution in [0.5, 0.6) is 5.75 Å². The van der Waals surface area contributed by atoms with Crippen molar-refractivity contribution in [3.8, 4) is 5.75 Å². The van der Waals surface area contributed by atoms with Crippen LogP contribution in [0.2, 0.25) is 0 Å². The Morgan fingerprint density at radius 1 is 1.10 bits per heavy atom. The van der Waals surface area contributed by atoms with Crippen LogP contribution in [0.1, 0.15) is 83.6 Å². The molecule has 0 radical (unpaired) electrons. The highest BCUT2D eigenvalue weighted by Gasteiger charge is 2.32. The van der Waals surface area contributed by atoms with Crippen LogP contribution >= 0.6 is 0 Å². The van der Waals surface area contributed by atoms with E-state index < -0.39 is 6.10 Å². The fraction of sp³-hybridized carbons (Fsp3) is 0.684. The van der Waals surface area contributed by atoms with Crippen molar-refractivity contribution in [1.29, 1.82) is 0 Å². The summed E-state index contributed by atoms with van der Waals surface area (Å²) in [6, 6.07) is 4.47. The minimum absolute atomic E-state index is 0.0565. The summed E-state index contributed by atoms with van der Waals surface area (Å²) in [7, 11) is 0. The Morgan fingerprint density at radius 3 is 2.29 bits per heavy atom. The molecule has 2 heteroatoms. The van der Waals surface area contributed by atoms with Crippen LogP contribution in [0.15, 0.2) is 12.1 Å². The maximum atomic E-state index is 10.4. The Kier molecular flexibility index (Phi) is 4.39. The van der Waals surface area contributed by atoms with E-state index in [1.807, 2.05) is 0 Å². The molecule has 1 atom stereocenters. The van der Waals surface area contributed by atoms with Gasteiger partial charge in [0.05, 0.1) is 12.7 Å². The molecule has 0 saturated heterocycles. The maximum Gasteiger partial charge on any atom is 0.128 e. The smallest absolute Gasteiger partial charge is 0.128 e. The number of aliphatic hydroxyl groups is 1. The van der Waals surface area contributed by atoms with E-state index >= 15 is 0 Å². The number of hydrogen-bond donors (Lipinski definition) is 1. The van der Waals surface area contributed by atoms with Gasteiger partial charge in [-0.05, 0) is 35.3 Å². The van der Waals surface area contributed by atoms with Crippen molar-refractivity contribution in [3.05, 3.63) is 28.8 Å². The molecule has 0 spiro atoms. The lowest BCUT2D eigenvalue weighted by Gasteiger charge is -2.34. The number of benzene rings is 1. The average molecular weight is 290 g/mol. The summed E-state index contributed by atoms with van der Waals surface area (Å²) in [5, 5.41) is 10.4. The topological polar surface area (TPSA) is 29.5 Å². The van der Waals surface area contributed by atoms with Gasteiger partial charge < -0.3 is 9.84 Å². The molecule has 1 aromatic rings. The molecule has 2 rings (SSSR count). The third kappa shape index (κ3) is 2.96. The minimum Gasteiger partial charge on any atom is -0.493 e. The molecule has 1 aliphatic heterocycles. The lowest BCUT2D eigenvalue weighted by atomic mass is 9.74. The highest BCUT2D eigenvalue weighted by atomic mass is 16.5. The van der Waals surface area contributed by atoms with Crippen LogP contribution in [0.4, 0.5) is 0 Å². The summed E-state index contributed by atoms with van der Waals surface area (Å²) in [4.78, 5) is 0. The Bertz CT molecular complexity index is 515. The summed E-state index contributed by atoms with van der Waals surface area (Å²) >= 11 is 0. The van der Waals surface area contributed by atoms with E-state index in [1.54, 1.807) is 0 Å². The van der Waals surface area contributed by atoms with Crippen LogP contribution in [0.3, 0.4) is 0 Å². The first-order valence-electron chi connectivity index (χ1n) is 8.22. The molecule has 1 heterocycles. The fourth-order valence-electron chi connectivity index (χ4n) is 2.78. The van der Waals surface area contributed by atoms with Gasteiger partial charge in [-0.15, -0.1) is 0 Å². The number of hydrogen-bond acceptors (Lipinski definition) is 2. The first-order valence-corrected chi connectivity index (χ1v) is 8.22. The summed E-state index contributed by atoms with van der Waals surface area (Å²) in [5.74, 6) is 0.927. The molecule has 1 aliphatic rings. The second-order valence-corrected chi connectivity index (χ2v) is 7.57. The molecule has 0 aromatic heterocycles. The molecule has 0 amide bonds. The molecule has 0 unspecified atom stereocenters. The van der Waals surface area contributed by atoms with Crippen LogP contribution < -0.4 is 4.74 Å². The Balaban J connectivity index is 2.68. The Morgan fingerprint density at radius 2 is 1.71 bits per heavy atom. The Labute approximate surface area is 129 Å². The monoisotopic (exact) mass is 290 g/mol. The average Bonchev–Trinajstić information content (AvgIpc) is 2.46. The number of fused-ring (bicyclic) bond motifs is 1.